The lowest BCUT2D eigenvalue weighted by molar-refractivity contribution is 0.0493. The van der Waals surface area contributed by atoms with Crippen LogP contribution in [0, 0.1) is 12.8 Å². The van der Waals surface area contributed by atoms with Gasteiger partial charge < -0.3 is 4.74 Å². The fourth-order valence-corrected chi connectivity index (χ4v) is 3.01. The minimum absolute atomic E-state index is 0.121. The number of esters is 1. The zero-order valence-corrected chi connectivity index (χ0v) is 13.9. The lowest BCUT2D eigenvalue weighted by Crippen LogP contribution is -2.17. The van der Waals surface area contributed by atoms with Crippen molar-refractivity contribution in [3.8, 4) is 0 Å². The van der Waals surface area contributed by atoms with Crippen LogP contribution in [0.4, 0.5) is 0 Å². The minimum Gasteiger partial charge on any atom is -0.462 e. The Hall–Kier alpha value is -1.11. The molecule has 0 aliphatic carbocycles. The monoisotopic (exact) mass is 333 g/mol. The number of hydrogen-bond donors (Lipinski definition) is 1. The lowest BCUT2D eigenvalue weighted by atomic mass is 10.1. The van der Waals surface area contributed by atoms with Crippen molar-refractivity contribution >= 4 is 27.6 Å². The fourth-order valence-electron chi connectivity index (χ4n) is 1.90. The van der Waals surface area contributed by atoms with E-state index in [-0.39, 0.29) is 27.7 Å². The van der Waals surface area contributed by atoms with Crippen LogP contribution in [0.3, 0.4) is 0 Å². The van der Waals surface area contributed by atoms with Crippen LogP contribution in [-0.4, -0.2) is 21.0 Å². The Balaban J connectivity index is 2.93. The summed E-state index contributed by atoms with van der Waals surface area (Å²) < 4.78 is 28.1. The Morgan fingerprint density at radius 2 is 2.00 bits per heavy atom. The van der Waals surface area contributed by atoms with E-state index in [9.17, 15) is 13.2 Å². The quantitative estimate of drug-likeness (QED) is 0.640. The van der Waals surface area contributed by atoms with E-state index < -0.39 is 16.0 Å². The Kier molecular flexibility index (Phi) is 6.19. The number of sulfonamides is 1. The number of ether oxygens (including phenoxy) is 1. The summed E-state index contributed by atoms with van der Waals surface area (Å²) in [4.78, 5) is 11.9. The predicted octanol–water partition coefficient (Wildman–Crippen LogP) is 2.89. The molecule has 0 unspecified atom stereocenters. The second-order valence-electron chi connectivity index (χ2n) is 5.29. The van der Waals surface area contributed by atoms with Gasteiger partial charge in [-0.2, -0.15) is 0 Å². The van der Waals surface area contributed by atoms with E-state index in [1.807, 2.05) is 0 Å². The van der Waals surface area contributed by atoms with Gasteiger partial charge in [0.1, 0.15) is 0 Å². The topological polar surface area (TPSA) is 86.5 Å². The van der Waals surface area contributed by atoms with Crippen LogP contribution in [0.5, 0.6) is 0 Å². The molecule has 0 aliphatic heterocycles. The summed E-state index contributed by atoms with van der Waals surface area (Å²) >= 11 is 5.85. The molecule has 1 rings (SSSR count). The predicted molar refractivity (Wildman–Crippen MR) is 81.9 cm³/mol. The Bertz CT molecular complexity index is 626. The standard InChI is InChI=1S/C14H20ClNO4S/c1-9(2)5-4-6-20-14(17)12-7-11(15)8-13(10(12)3)21(16,18)19/h7-9H,4-6H2,1-3H3,(H2,16,18,19). The molecule has 118 valence electrons. The first-order valence-electron chi connectivity index (χ1n) is 6.63. The number of carbonyl (C=O) groups excluding carboxylic acids is 1. The van der Waals surface area contributed by atoms with Crippen LogP contribution >= 0.6 is 11.6 Å². The molecule has 0 fully saturated rings. The van der Waals surface area contributed by atoms with E-state index in [0.717, 1.165) is 12.8 Å². The number of hydrogen-bond acceptors (Lipinski definition) is 4. The summed E-state index contributed by atoms with van der Waals surface area (Å²) in [6.07, 6.45) is 1.70. The summed E-state index contributed by atoms with van der Waals surface area (Å²) in [7, 11) is -3.94. The van der Waals surface area contributed by atoms with Gasteiger partial charge in [-0.05, 0) is 43.4 Å². The highest BCUT2D eigenvalue weighted by Gasteiger charge is 2.20. The largest absolute Gasteiger partial charge is 0.462 e. The SMILES string of the molecule is Cc1c(C(=O)OCCCC(C)C)cc(Cl)cc1S(N)(=O)=O. The highest BCUT2D eigenvalue weighted by atomic mass is 35.5. The summed E-state index contributed by atoms with van der Waals surface area (Å²) in [6.45, 7) is 5.96. The molecule has 0 aromatic heterocycles. The van der Waals surface area contributed by atoms with Crippen LogP contribution in [0.25, 0.3) is 0 Å². The van der Waals surface area contributed by atoms with Crippen LogP contribution in [0.2, 0.25) is 5.02 Å². The molecule has 0 saturated carbocycles. The molecule has 0 bridgehead atoms. The Labute approximate surface area is 130 Å². The summed E-state index contributed by atoms with van der Waals surface area (Å²) in [5, 5.41) is 5.24. The third-order valence-electron chi connectivity index (χ3n) is 3.01. The van der Waals surface area contributed by atoms with Crippen molar-refractivity contribution in [2.45, 2.75) is 38.5 Å². The van der Waals surface area contributed by atoms with Crippen LogP contribution < -0.4 is 5.14 Å². The molecule has 0 amide bonds. The van der Waals surface area contributed by atoms with E-state index in [2.05, 4.69) is 13.8 Å². The van der Waals surface area contributed by atoms with Gasteiger partial charge in [0.25, 0.3) is 0 Å². The minimum atomic E-state index is -3.94. The normalized spacial score (nSPS) is 11.7. The van der Waals surface area contributed by atoms with Crippen molar-refractivity contribution in [3.05, 3.63) is 28.3 Å². The highest BCUT2D eigenvalue weighted by molar-refractivity contribution is 7.89. The Morgan fingerprint density at radius 1 is 1.38 bits per heavy atom. The first-order valence-corrected chi connectivity index (χ1v) is 8.55. The zero-order chi connectivity index (χ0) is 16.2. The van der Waals surface area contributed by atoms with Crippen LogP contribution in [0.15, 0.2) is 17.0 Å². The van der Waals surface area contributed by atoms with Crippen molar-refractivity contribution < 1.29 is 17.9 Å². The first-order chi connectivity index (χ1) is 9.62. The number of primary sulfonamides is 1. The second kappa shape index (κ2) is 7.24. The van der Waals surface area contributed by atoms with Gasteiger partial charge in [0.2, 0.25) is 10.0 Å². The number of nitrogens with two attached hydrogens (primary N) is 1. The van der Waals surface area contributed by atoms with Crippen LogP contribution in [0.1, 0.15) is 42.6 Å². The first kappa shape index (κ1) is 17.9. The molecule has 0 radical (unpaired) electrons. The van der Waals surface area contributed by atoms with Gasteiger partial charge in [0, 0.05) is 5.02 Å². The molecule has 21 heavy (non-hydrogen) atoms. The number of benzene rings is 1. The average Bonchev–Trinajstić information content (AvgIpc) is 2.35. The maximum atomic E-state index is 12.0. The molecule has 0 heterocycles. The van der Waals surface area contributed by atoms with Crippen molar-refractivity contribution in [1.29, 1.82) is 0 Å². The third-order valence-corrected chi connectivity index (χ3v) is 4.27. The number of rotatable bonds is 6. The molecular formula is C14H20ClNO4S. The molecule has 0 spiro atoms. The lowest BCUT2D eigenvalue weighted by Gasteiger charge is -2.11. The van der Waals surface area contributed by atoms with Gasteiger partial charge >= 0.3 is 5.97 Å². The van der Waals surface area contributed by atoms with Crippen LogP contribution in [-0.2, 0) is 14.8 Å². The van der Waals surface area contributed by atoms with Gasteiger partial charge in [0.15, 0.2) is 0 Å². The second-order valence-corrected chi connectivity index (χ2v) is 7.26. The summed E-state index contributed by atoms with van der Waals surface area (Å²) in [5.74, 6) is -0.0609. The summed E-state index contributed by atoms with van der Waals surface area (Å²) in [6, 6.07) is 2.61. The van der Waals surface area contributed by atoms with E-state index in [1.165, 1.54) is 19.1 Å². The maximum Gasteiger partial charge on any atom is 0.338 e. The molecule has 0 saturated heterocycles. The van der Waals surface area contributed by atoms with Crippen molar-refractivity contribution in [1.82, 2.24) is 0 Å². The van der Waals surface area contributed by atoms with Gasteiger partial charge in [-0.25, -0.2) is 18.4 Å². The maximum absolute atomic E-state index is 12.0. The molecular weight excluding hydrogens is 314 g/mol. The molecule has 5 nitrogen and oxygen atoms in total. The molecule has 2 N–H and O–H groups in total. The van der Waals surface area contributed by atoms with Gasteiger partial charge in [0.05, 0.1) is 17.1 Å². The fraction of sp³-hybridized carbons (Fsp3) is 0.500. The average molecular weight is 334 g/mol. The van der Waals surface area contributed by atoms with Gasteiger partial charge in [-0.1, -0.05) is 25.4 Å². The third kappa shape index (κ3) is 5.30. The van der Waals surface area contributed by atoms with Gasteiger partial charge in [-0.15, -0.1) is 0 Å². The zero-order valence-electron chi connectivity index (χ0n) is 12.3. The molecule has 7 heteroatoms. The molecule has 0 atom stereocenters. The smallest absolute Gasteiger partial charge is 0.338 e. The van der Waals surface area contributed by atoms with Gasteiger partial charge in [-0.3, -0.25) is 0 Å². The number of halogens is 1. The van der Waals surface area contributed by atoms with E-state index in [1.54, 1.807) is 0 Å². The number of carbonyl (C=O) groups is 1. The van der Waals surface area contributed by atoms with E-state index >= 15 is 0 Å². The summed E-state index contributed by atoms with van der Waals surface area (Å²) in [5.41, 5.74) is 0.367. The van der Waals surface area contributed by atoms with E-state index in [4.69, 9.17) is 21.5 Å². The Morgan fingerprint density at radius 3 is 2.52 bits per heavy atom. The van der Waals surface area contributed by atoms with Crippen molar-refractivity contribution in [2.75, 3.05) is 6.61 Å². The van der Waals surface area contributed by atoms with Crippen molar-refractivity contribution in [2.24, 2.45) is 11.1 Å². The highest BCUT2D eigenvalue weighted by Crippen LogP contribution is 2.24. The molecule has 1 aromatic carbocycles. The molecule has 1 aromatic rings. The van der Waals surface area contributed by atoms with E-state index in [0.29, 0.717) is 5.92 Å². The van der Waals surface area contributed by atoms with Crippen molar-refractivity contribution in [3.63, 3.8) is 0 Å². The molecule has 0 aliphatic rings.